The molecule has 0 spiro atoms. The van der Waals surface area contributed by atoms with E-state index in [1.807, 2.05) is 36.4 Å². The summed E-state index contributed by atoms with van der Waals surface area (Å²) < 4.78 is 5.84. The van der Waals surface area contributed by atoms with Crippen LogP contribution in [-0.2, 0) is 12.8 Å². The van der Waals surface area contributed by atoms with Gasteiger partial charge in [-0.3, -0.25) is 0 Å². The first-order valence-corrected chi connectivity index (χ1v) is 7.63. The summed E-state index contributed by atoms with van der Waals surface area (Å²) in [5.74, 6) is 1.45. The van der Waals surface area contributed by atoms with Crippen molar-refractivity contribution in [3.05, 3.63) is 65.7 Å². The van der Waals surface area contributed by atoms with Gasteiger partial charge >= 0.3 is 0 Å². The summed E-state index contributed by atoms with van der Waals surface area (Å²) in [5.41, 5.74) is 8.44. The Balaban J connectivity index is 1.42. The second kappa shape index (κ2) is 6.98. The van der Waals surface area contributed by atoms with Gasteiger partial charge in [-0.2, -0.15) is 0 Å². The maximum atomic E-state index is 5.90. The maximum Gasteiger partial charge on any atom is 0.188 e. The van der Waals surface area contributed by atoms with Crippen molar-refractivity contribution in [2.75, 3.05) is 13.1 Å². The summed E-state index contributed by atoms with van der Waals surface area (Å²) in [6, 6.07) is 18.5. The average molecular weight is 295 g/mol. The van der Waals surface area contributed by atoms with E-state index in [9.17, 15) is 0 Å². The zero-order valence-corrected chi connectivity index (χ0v) is 12.5. The topological polar surface area (TPSA) is 59.6 Å². The molecule has 0 bridgehead atoms. The highest BCUT2D eigenvalue weighted by Crippen LogP contribution is 2.27. The molecule has 4 nitrogen and oxygen atoms in total. The minimum atomic E-state index is 0.0897. The summed E-state index contributed by atoms with van der Waals surface area (Å²) in [5, 5.41) is 3.15. The molecule has 3 rings (SSSR count). The van der Waals surface area contributed by atoms with Crippen molar-refractivity contribution in [2.45, 2.75) is 18.9 Å². The lowest BCUT2D eigenvalue weighted by atomic mass is 10.1. The SMILES string of the molecule is NC(=NCC1Cc2ccccc2O1)NCCc1ccccc1. The summed E-state index contributed by atoms with van der Waals surface area (Å²) in [6.45, 7) is 1.37. The van der Waals surface area contributed by atoms with Crippen LogP contribution in [0.2, 0.25) is 0 Å². The molecule has 0 aromatic heterocycles. The Labute approximate surface area is 131 Å². The quantitative estimate of drug-likeness (QED) is 0.656. The first-order chi connectivity index (χ1) is 10.8. The molecule has 2 aromatic rings. The Morgan fingerprint density at radius 3 is 2.73 bits per heavy atom. The van der Waals surface area contributed by atoms with Gasteiger partial charge in [-0.05, 0) is 23.6 Å². The normalized spacial score (nSPS) is 16.9. The minimum absolute atomic E-state index is 0.0897. The second-order valence-electron chi connectivity index (χ2n) is 5.44. The highest BCUT2D eigenvalue weighted by atomic mass is 16.5. The fourth-order valence-electron chi connectivity index (χ4n) is 2.59. The Morgan fingerprint density at radius 2 is 1.91 bits per heavy atom. The van der Waals surface area contributed by atoms with Crippen LogP contribution in [0.15, 0.2) is 59.6 Å². The molecule has 0 saturated carbocycles. The zero-order chi connectivity index (χ0) is 15.2. The largest absolute Gasteiger partial charge is 0.488 e. The standard InChI is InChI=1S/C18H21N3O/c19-18(20-11-10-14-6-2-1-3-7-14)21-13-16-12-15-8-4-5-9-17(15)22-16/h1-9,16H,10-13H2,(H3,19,20,21). The molecule has 22 heavy (non-hydrogen) atoms. The first kappa shape index (κ1) is 14.4. The van der Waals surface area contributed by atoms with E-state index in [2.05, 4.69) is 28.5 Å². The van der Waals surface area contributed by atoms with Crippen LogP contribution in [0.25, 0.3) is 0 Å². The van der Waals surface area contributed by atoms with Gasteiger partial charge in [-0.15, -0.1) is 0 Å². The van der Waals surface area contributed by atoms with Gasteiger partial charge in [0.25, 0.3) is 0 Å². The summed E-state index contributed by atoms with van der Waals surface area (Å²) >= 11 is 0. The van der Waals surface area contributed by atoms with E-state index in [0.29, 0.717) is 12.5 Å². The average Bonchev–Trinajstić information content (AvgIpc) is 2.97. The third kappa shape index (κ3) is 3.79. The van der Waals surface area contributed by atoms with Crippen molar-refractivity contribution >= 4 is 5.96 Å². The number of hydrogen-bond acceptors (Lipinski definition) is 2. The van der Waals surface area contributed by atoms with Gasteiger partial charge in [0.15, 0.2) is 5.96 Å². The maximum absolute atomic E-state index is 5.90. The zero-order valence-electron chi connectivity index (χ0n) is 12.5. The van der Waals surface area contributed by atoms with Gasteiger partial charge < -0.3 is 15.8 Å². The lowest BCUT2D eigenvalue weighted by molar-refractivity contribution is 0.242. The summed E-state index contributed by atoms with van der Waals surface area (Å²) in [6.07, 6.45) is 1.92. The number of hydrogen-bond donors (Lipinski definition) is 2. The number of nitrogens with zero attached hydrogens (tertiary/aromatic N) is 1. The Morgan fingerprint density at radius 1 is 1.14 bits per heavy atom. The van der Waals surface area contributed by atoms with Gasteiger partial charge in [-0.25, -0.2) is 4.99 Å². The van der Waals surface area contributed by atoms with E-state index in [4.69, 9.17) is 10.5 Å². The third-order valence-corrected chi connectivity index (χ3v) is 3.74. The lowest BCUT2D eigenvalue weighted by Gasteiger charge is -2.09. The molecular weight excluding hydrogens is 274 g/mol. The van der Waals surface area contributed by atoms with Gasteiger partial charge in [0.05, 0.1) is 6.54 Å². The molecule has 0 amide bonds. The lowest BCUT2D eigenvalue weighted by Crippen LogP contribution is -2.34. The molecule has 3 N–H and O–H groups in total. The predicted octanol–water partition coefficient (Wildman–Crippen LogP) is 2.14. The first-order valence-electron chi connectivity index (χ1n) is 7.63. The van der Waals surface area contributed by atoms with Crippen LogP contribution < -0.4 is 15.8 Å². The highest BCUT2D eigenvalue weighted by molar-refractivity contribution is 5.77. The molecule has 0 aliphatic carbocycles. The van der Waals surface area contributed by atoms with Crippen LogP contribution in [0.5, 0.6) is 5.75 Å². The van der Waals surface area contributed by atoms with Crippen molar-refractivity contribution < 1.29 is 4.74 Å². The molecule has 0 saturated heterocycles. The molecule has 0 fully saturated rings. The summed E-state index contributed by atoms with van der Waals surface area (Å²) in [7, 11) is 0. The number of nitrogens with two attached hydrogens (primary N) is 1. The second-order valence-corrected chi connectivity index (χ2v) is 5.44. The van der Waals surface area contributed by atoms with Crippen LogP contribution in [0, 0.1) is 0 Å². The predicted molar refractivity (Wildman–Crippen MR) is 89.2 cm³/mol. The fourth-order valence-corrected chi connectivity index (χ4v) is 2.59. The van der Waals surface area contributed by atoms with Crippen molar-refractivity contribution in [3.63, 3.8) is 0 Å². The molecule has 1 unspecified atom stereocenters. The van der Waals surface area contributed by atoms with E-state index >= 15 is 0 Å². The van der Waals surface area contributed by atoms with Gasteiger partial charge in [0, 0.05) is 13.0 Å². The van der Waals surface area contributed by atoms with Crippen LogP contribution in [0.1, 0.15) is 11.1 Å². The molecule has 114 valence electrons. The molecule has 2 aromatic carbocycles. The van der Waals surface area contributed by atoms with Crippen molar-refractivity contribution in [1.82, 2.24) is 5.32 Å². The van der Waals surface area contributed by atoms with E-state index in [-0.39, 0.29) is 6.10 Å². The number of ether oxygens (including phenoxy) is 1. The van der Waals surface area contributed by atoms with E-state index in [1.165, 1.54) is 11.1 Å². The fraction of sp³-hybridized carbons (Fsp3) is 0.278. The Bertz CT molecular complexity index is 615. The number of nitrogens with one attached hydrogen (secondary N) is 1. The van der Waals surface area contributed by atoms with E-state index in [0.717, 1.165) is 25.1 Å². The number of guanidine groups is 1. The van der Waals surface area contributed by atoms with Crippen molar-refractivity contribution in [3.8, 4) is 5.75 Å². The van der Waals surface area contributed by atoms with Crippen LogP contribution >= 0.6 is 0 Å². The van der Waals surface area contributed by atoms with Crippen LogP contribution in [-0.4, -0.2) is 25.2 Å². The minimum Gasteiger partial charge on any atom is -0.488 e. The molecule has 1 atom stereocenters. The van der Waals surface area contributed by atoms with Crippen molar-refractivity contribution in [1.29, 1.82) is 0 Å². The molecule has 4 heteroatoms. The number of para-hydroxylation sites is 1. The van der Waals surface area contributed by atoms with Gasteiger partial charge in [0.2, 0.25) is 0 Å². The number of fused-ring (bicyclic) bond motifs is 1. The van der Waals surface area contributed by atoms with E-state index < -0.39 is 0 Å². The third-order valence-electron chi connectivity index (χ3n) is 3.74. The molecule has 1 aliphatic heterocycles. The molecule has 1 heterocycles. The Hall–Kier alpha value is -2.49. The van der Waals surface area contributed by atoms with Crippen molar-refractivity contribution in [2.24, 2.45) is 10.7 Å². The number of aliphatic imine (C=N–C) groups is 1. The van der Waals surface area contributed by atoms with Crippen LogP contribution in [0.3, 0.4) is 0 Å². The highest BCUT2D eigenvalue weighted by Gasteiger charge is 2.21. The molecular formula is C18H21N3O. The number of rotatable bonds is 5. The van der Waals surface area contributed by atoms with E-state index in [1.54, 1.807) is 0 Å². The monoisotopic (exact) mass is 295 g/mol. The number of benzene rings is 2. The Kier molecular flexibility index (Phi) is 4.59. The van der Waals surface area contributed by atoms with Crippen LogP contribution in [0.4, 0.5) is 0 Å². The van der Waals surface area contributed by atoms with Gasteiger partial charge in [-0.1, -0.05) is 48.5 Å². The smallest absolute Gasteiger partial charge is 0.188 e. The molecule has 1 aliphatic rings. The molecule has 0 radical (unpaired) electrons. The summed E-state index contributed by atoms with van der Waals surface area (Å²) in [4.78, 5) is 4.38. The van der Waals surface area contributed by atoms with Gasteiger partial charge in [0.1, 0.15) is 11.9 Å².